The molecule has 0 atom stereocenters. The van der Waals surface area contributed by atoms with Crippen molar-refractivity contribution < 1.29 is 8.78 Å². The van der Waals surface area contributed by atoms with Gasteiger partial charge in [-0.2, -0.15) is 0 Å². The lowest BCUT2D eigenvalue weighted by Gasteiger charge is -2.52. The van der Waals surface area contributed by atoms with Crippen molar-refractivity contribution in [2.75, 3.05) is 19.6 Å². The largest absolute Gasteiger partial charge is 0.303 e. The summed E-state index contributed by atoms with van der Waals surface area (Å²) in [7, 11) is 0. The van der Waals surface area contributed by atoms with Gasteiger partial charge in [0.25, 0.3) is 0 Å². The SMILES string of the molecule is CC(C)CN1CCC2(CC1)CC(F)(F)C2. The molecule has 2 aliphatic rings. The van der Waals surface area contributed by atoms with Crippen molar-refractivity contribution in [3.63, 3.8) is 0 Å². The Kier molecular flexibility index (Phi) is 2.78. The zero-order valence-electron chi connectivity index (χ0n) is 9.73. The van der Waals surface area contributed by atoms with Gasteiger partial charge in [-0.25, -0.2) is 8.78 Å². The maximum absolute atomic E-state index is 12.9. The Bertz CT molecular complexity index is 220. The summed E-state index contributed by atoms with van der Waals surface area (Å²) in [5.41, 5.74) is 0.0109. The van der Waals surface area contributed by atoms with Crippen molar-refractivity contribution in [3.8, 4) is 0 Å². The number of alkyl halides is 2. The molecule has 0 aromatic carbocycles. The lowest BCUT2D eigenvalue weighted by Crippen LogP contribution is -2.52. The molecule has 0 radical (unpaired) electrons. The number of likely N-dealkylation sites (tertiary alicyclic amines) is 1. The first-order chi connectivity index (χ1) is 6.91. The van der Waals surface area contributed by atoms with Gasteiger partial charge in [0.1, 0.15) is 0 Å². The van der Waals surface area contributed by atoms with Gasteiger partial charge in [0, 0.05) is 19.4 Å². The molecule has 1 aliphatic carbocycles. The van der Waals surface area contributed by atoms with Crippen LogP contribution in [0.2, 0.25) is 0 Å². The Labute approximate surface area is 90.8 Å². The van der Waals surface area contributed by atoms with Crippen LogP contribution in [0.25, 0.3) is 0 Å². The summed E-state index contributed by atoms with van der Waals surface area (Å²) in [4.78, 5) is 2.42. The van der Waals surface area contributed by atoms with Crippen LogP contribution in [0, 0.1) is 11.3 Å². The summed E-state index contributed by atoms with van der Waals surface area (Å²) in [5.74, 6) is -1.66. The van der Waals surface area contributed by atoms with Crippen LogP contribution >= 0.6 is 0 Å². The van der Waals surface area contributed by atoms with E-state index in [1.807, 2.05) is 0 Å². The van der Waals surface area contributed by atoms with E-state index in [1.165, 1.54) is 0 Å². The highest BCUT2D eigenvalue weighted by atomic mass is 19.3. The lowest BCUT2D eigenvalue weighted by molar-refractivity contribution is -0.178. The topological polar surface area (TPSA) is 3.24 Å². The molecule has 0 unspecified atom stereocenters. The maximum Gasteiger partial charge on any atom is 0.249 e. The molecule has 0 amide bonds. The van der Waals surface area contributed by atoms with E-state index < -0.39 is 5.92 Å². The third-order valence-electron chi connectivity index (χ3n) is 3.81. The van der Waals surface area contributed by atoms with Crippen LogP contribution in [-0.4, -0.2) is 30.5 Å². The van der Waals surface area contributed by atoms with Crippen LogP contribution in [0.4, 0.5) is 8.78 Å². The fourth-order valence-corrected chi connectivity index (χ4v) is 3.13. The molecule has 0 aromatic rings. The highest BCUT2D eigenvalue weighted by molar-refractivity contribution is 5.01. The summed E-state index contributed by atoms with van der Waals surface area (Å²) in [6.45, 7) is 7.58. The van der Waals surface area contributed by atoms with Gasteiger partial charge in [0.05, 0.1) is 0 Å². The minimum Gasteiger partial charge on any atom is -0.303 e. The van der Waals surface area contributed by atoms with E-state index in [-0.39, 0.29) is 18.3 Å². The number of rotatable bonds is 2. The Balaban J connectivity index is 1.78. The second-order valence-corrected chi connectivity index (χ2v) is 5.90. The molecule has 1 heterocycles. The van der Waals surface area contributed by atoms with Gasteiger partial charge < -0.3 is 4.90 Å². The lowest BCUT2D eigenvalue weighted by atomic mass is 9.61. The van der Waals surface area contributed by atoms with Gasteiger partial charge in [0.2, 0.25) is 5.92 Å². The van der Waals surface area contributed by atoms with Gasteiger partial charge >= 0.3 is 0 Å². The summed E-state index contributed by atoms with van der Waals surface area (Å²) in [6, 6.07) is 0. The van der Waals surface area contributed by atoms with Crippen molar-refractivity contribution in [1.29, 1.82) is 0 Å². The molecule has 3 heteroatoms. The Morgan fingerprint density at radius 3 is 2.07 bits per heavy atom. The van der Waals surface area contributed by atoms with Crippen molar-refractivity contribution in [3.05, 3.63) is 0 Å². The zero-order chi connectivity index (χ0) is 11.1. The normalized spacial score (nSPS) is 29.4. The van der Waals surface area contributed by atoms with Crippen molar-refractivity contribution in [2.24, 2.45) is 11.3 Å². The fraction of sp³-hybridized carbons (Fsp3) is 1.00. The average Bonchev–Trinajstić information content (AvgIpc) is 2.05. The van der Waals surface area contributed by atoms with E-state index in [0.717, 1.165) is 32.5 Å². The minimum absolute atomic E-state index is 0.0109. The number of halogens is 2. The van der Waals surface area contributed by atoms with Gasteiger partial charge in [-0.15, -0.1) is 0 Å². The number of hydrogen-bond donors (Lipinski definition) is 0. The second-order valence-electron chi connectivity index (χ2n) is 5.90. The average molecular weight is 217 g/mol. The standard InChI is InChI=1S/C12H21F2N/c1-10(2)7-15-5-3-11(4-6-15)8-12(13,14)9-11/h10H,3-9H2,1-2H3. The molecule has 0 aromatic heterocycles. The molecule has 2 fully saturated rings. The first-order valence-electron chi connectivity index (χ1n) is 6.01. The number of piperidine rings is 1. The Morgan fingerprint density at radius 2 is 1.67 bits per heavy atom. The van der Waals surface area contributed by atoms with Crippen LogP contribution in [-0.2, 0) is 0 Å². The maximum atomic E-state index is 12.9. The van der Waals surface area contributed by atoms with Crippen LogP contribution in [0.1, 0.15) is 39.5 Å². The van der Waals surface area contributed by atoms with Gasteiger partial charge in [-0.05, 0) is 37.3 Å². The summed E-state index contributed by atoms with van der Waals surface area (Å²) in [6.07, 6.45) is 2.26. The second kappa shape index (κ2) is 3.69. The molecule has 88 valence electrons. The van der Waals surface area contributed by atoms with Crippen LogP contribution < -0.4 is 0 Å². The number of nitrogens with zero attached hydrogens (tertiary/aromatic N) is 1. The van der Waals surface area contributed by atoms with Crippen LogP contribution in [0.3, 0.4) is 0 Å². The summed E-state index contributed by atoms with van der Waals surface area (Å²) in [5, 5.41) is 0. The van der Waals surface area contributed by atoms with Crippen LogP contribution in [0.5, 0.6) is 0 Å². The molecule has 1 spiro atoms. The van der Waals surface area contributed by atoms with Gasteiger partial charge in [-0.1, -0.05) is 13.8 Å². The molecule has 15 heavy (non-hydrogen) atoms. The highest BCUT2D eigenvalue weighted by Crippen LogP contribution is 2.57. The molecule has 1 saturated carbocycles. The van der Waals surface area contributed by atoms with E-state index in [0.29, 0.717) is 5.92 Å². The molecule has 1 aliphatic heterocycles. The molecular weight excluding hydrogens is 196 g/mol. The predicted octanol–water partition coefficient (Wildman–Crippen LogP) is 3.15. The molecule has 1 nitrogen and oxygen atoms in total. The number of hydrogen-bond acceptors (Lipinski definition) is 1. The predicted molar refractivity (Wildman–Crippen MR) is 57.1 cm³/mol. The molecule has 0 N–H and O–H groups in total. The quantitative estimate of drug-likeness (QED) is 0.686. The zero-order valence-corrected chi connectivity index (χ0v) is 9.73. The van der Waals surface area contributed by atoms with E-state index in [4.69, 9.17) is 0 Å². The molecular formula is C12H21F2N. The van der Waals surface area contributed by atoms with Crippen molar-refractivity contribution >= 4 is 0 Å². The third kappa shape index (κ3) is 2.49. The first-order valence-corrected chi connectivity index (χ1v) is 6.01. The van der Waals surface area contributed by atoms with Gasteiger partial charge in [-0.3, -0.25) is 0 Å². The molecule has 2 rings (SSSR count). The van der Waals surface area contributed by atoms with Gasteiger partial charge in [0.15, 0.2) is 0 Å². The van der Waals surface area contributed by atoms with E-state index >= 15 is 0 Å². The Hall–Kier alpha value is -0.180. The van der Waals surface area contributed by atoms with E-state index in [9.17, 15) is 8.78 Å². The molecule has 1 saturated heterocycles. The van der Waals surface area contributed by atoms with Crippen molar-refractivity contribution in [1.82, 2.24) is 4.90 Å². The summed E-state index contributed by atoms with van der Waals surface area (Å²) >= 11 is 0. The minimum atomic E-state index is -2.35. The van der Waals surface area contributed by atoms with Crippen LogP contribution in [0.15, 0.2) is 0 Å². The fourth-order valence-electron chi connectivity index (χ4n) is 3.13. The highest BCUT2D eigenvalue weighted by Gasteiger charge is 2.56. The Morgan fingerprint density at radius 1 is 1.13 bits per heavy atom. The smallest absolute Gasteiger partial charge is 0.249 e. The van der Waals surface area contributed by atoms with E-state index in [1.54, 1.807) is 0 Å². The monoisotopic (exact) mass is 217 g/mol. The van der Waals surface area contributed by atoms with Crippen molar-refractivity contribution in [2.45, 2.75) is 45.5 Å². The van der Waals surface area contributed by atoms with E-state index in [2.05, 4.69) is 18.7 Å². The molecule has 0 bridgehead atoms. The third-order valence-corrected chi connectivity index (χ3v) is 3.81. The summed E-state index contributed by atoms with van der Waals surface area (Å²) < 4.78 is 25.7. The first kappa shape index (κ1) is 11.3.